The Balaban J connectivity index is 1.52. The average molecular weight is 333 g/mol. The number of halogens is 1. The minimum absolute atomic E-state index is 0.0495. The largest absolute Gasteiger partial charge is 0.484 e. The van der Waals surface area contributed by atoms with E-state index in [1.54, 1.807) is 11.3 Å². The maximum Gasteiger partial charge on any atom is 0.257 e. The molecule has 0 atom stereocenters. The van der Waals surface area contributed by atoms with Crippen LogP contribution in [0.1, 0.15) is 30.6 Å². The van der Waals surface area contributed by atoms with Crippen LogP contribution < -0.4 is 10.1 Å². The van der Waals surface area contributed by atoms with Crippen molar-refractivity contribution in [1.82, 2.24) is 5.32 Å². The smallest absolute Gasteiger partial charge is 0.257 e. The number of thiophene rings is 1. The zero-order valence-electron chi connectivity index (χ0n) is 12.9. The molecule has 5 heteroatoms. The van der Waals surface area contributed by atoms with Gasteiger partial charge in [0.15, 0.2) is 6.61 Å². The summed E-state index contributed by atoms with van der Waals surface area (Å²) in [5, 5.41) is 5.10. The predicted molar refractivity (Wildman–Crippen MR) is 89.4 cm³/mol. The number of carbonyl (C=O) groups is 1. The van der Waals surface area contributed by atoms with Gasteiger partial charge in [0.25, 0.3) is 5.91 Å². The van der Waals surface area contributed by atoms with E-state index in [0.29, 0.717) is 12.3 Å². The summed E-state index contributed by atoms with van der Waals surface area (Å²) in [7, 11) is 0. The molecule has 0 bridgehead atoms. The Morgan fingerprint density at radius 1 is 1.22 bits per heavy atom. The van der Waals surface area contributed by atoms with Gasteiger partial charge in [0.05, 0.1) is 0 Å². The van der Waals surface area contributed by atoms with Crippen LogP contribution in [-0.2, 0) is 10.2 Å². The fourth-order valence-corrected chi connectivity index (χ4v) is 4.13. The first-order chi connectivity index (χ1) is 11.2. The second-order valence-corrected chi connectivity index (χ2v) is 6.93. The van der Waals surface area contributed by atoms with E-state index in [1.807, 2.05) is 0 Å². The van der Waals surface area contributed by atoms with Gasteiger partial charge in [-0.25, -0.2) is 4.39 Å². The van der Waals surface area contributed by atoms with Crippen molar-refractivity contribution in [2.24, 2.45) is 0 Å². The molecule has 2 aromatic rings. The third kappa shape index (κ3) is 3.91. The van der Waals surface area contributed by atoms with Crippen molar-refractivity contribution in [3.8, 4) is 5.75 Å². The maximum absolute atomic E-state index is 12.8. The van der Waals surface area contributed by atoms with Gasteiger partial charge in [-0.1, -0.05) is 18.9 Å². The van der Waals surface area contributed by atoms with Gasteiger partial charge in [-0.2, -0.15) is 0 Å². The topological polar surface area (TPSA) is 38.3 Å². The van der Waals surface area contributed by atoms with Crippen molar-refractivity contribution in [1.29, 1.82) is 0 Å². The van der Waals surface area contributed by atoms with Crippen molar-refractivity contribution in [3.05, 3.63) is 52.5 Å². The summed E-state index contributed by atoms with van der Waals surface area (Å²) in [4.78, 5) is 13.4. The van der Waals surface area contributed by atoms with Crippen LogP contribution in [0.5, 0.6) is 5.75 Å². The molecule has 3 rings (SSSR count). The van der Waals surface area contributed by atoms with E-state index in [0.717, 1.165) is 12.8 Å². The molecule has 0 unspecified atom stereocenters. The van der Waals surface area contributed by atoms with Gasteiger partial charge in [0, 0.05) is 16.8 Å². The van der Waals surface area contributed by atoms with Crippen LogP contribution in [0, 0.1) is 5.82 Å². The lowest BCUT2D eigenvalue weighted by Gasteiger charge is -2.28. The number of amides is 1. The lowest BCUT2D eigenvalue weighted by atomic mass is 9.84. The van der Waals surface area contributed by atoms with E-state index in [2.05, 4.69) is 22.8 Å². The Bertz CT molecular complexity index is 634. The van der Waals surface area contributed by atoms with Crippen LogP contribution in [0.15, 0.2) is 41.8 Å². The zero-order valence-corrected chi connectivity index (χ0v) is 13.7. The average Bonchev–Trinajstić information content (AvgIpc) is 3.24. The molecular weight excluding hydrogens is 313 g/mol. The van der Waals surface area contributed by atoms with E-state index in [4.69, 9.17) is 4.74 Å². The summed E-state index contributed by atoms with van der Waals surface area (Å²) in [5.41, 5.74) is 0.0830. The van der Waals surface area contributed by atoms with Crippen molar-refractivity contribution in [3.63, 3.8) is 0 Å². The lowest BCUT2D eigenvalue weighted by molar-refractivity contribution is -0.123. The van der Waals surface area contributed by atoms with Gasteiger partial charge in [-0.05, 0) is 48.6 Å². The molecule has 1 aromatic carbocycles. The van der Waals surface area contributed by atoms with Crippen LogP contribution in [0.25, 0.3) is 0 Å². The molecule has 122 valence electrons. The molecule has 1 amide bonds. The molecule has 0 saturated heterocycles. The van der Waals surface area contributed by atoms with Gasteiger partial charge in [0.1, 0.15) is 11.6 Å². The first-order valence-corrected chi connectivity index (χ1v) is 8.75. The van der Waals surface area contributed by atoms with Gasteiger partial charge in [0.2, 0.25) is 0 Å². The Hall–Kier alpha value is -1.88. The maximum atomic E-state index is 12.8. The van der Waals surface area contributed by atoms with Crippen molar-refractivity contribution < 1.29 is 13.9 Å². The van der Waals surface area contributed by atoms with Crippen LogP contribution in [0.2, 0.25) is 0 Å². The molecular formula is C18H20FNO2S. The number of nitrogens with one attached hydrogen (secondary N) is 1. The number of benzene rings is 1. The number of hydrogen-bond donors (Lipinski definition) is 1. The van der Waals surface area contributed by atoms with Gasteiger partial charge < -0.3 is 10.1 Å². The molecule has 0 spiro atoms. The number of ether oxygens (including phenoxy) is 1. The number of hydrogen-bond acceptors (Lipinski definition) is 3. The Morgan fingerprint density at radius 2 is 1.96 bits per heavy atom. The zero-order chi connectivity index (χ0) is 16.1. The Morgan fingerprint density at radius 3 is 2.61 bits per heavy atom. The standard InChI is InChI=1S/C18H20FNO2S/c19-14-5-7-15(8-6-14)22-12-17(21)20-13-18(9-1-2-10-18)16-4-3-11-23-16/h3-8,11H,1-2,9-10,12-13H2,(H,20,21). The highest BCUT2D eigenvalue weighted by atomic mass is 32.1. The molecule has 0 radical (unpaired) electrons. The van der Waals surface area contributed by atoms with Gasteiger partial charge in [-0.3, -0.25) is 4.79 Å². The minimum Gasteiger partial charge on any atom is -0.484 e. The summed E-state index contributed by atoms with van der Waals surface area (Å²) < 4.78 is 18.2. The SMILES string of the molecule is O=C(COc1ccc(F)cc1)NCC1(c2cccs2)CCCC1. The van der Waals surface area contributed by atoms with E-state index in [-0.39, 0.29) is 23.7 Å². The Labute approximate surface area is 139 Å². The lowest BCUT2D eigenvalue weighted by Crippen LogP contribution is -2.40. The summed E-state index contributed by atoms with van der Waals surface area (Å²) in [5.74, 6) is 0.0356. The number of carbonyl (C=O) groups excluding carboxylic acids is 1. The molecule has 0 aliphatic heterocycles. The second-order valence-electron chi connectivity index (χ2n) is 5.98. The molecule has 1 N–H and O–H groups in total. The van der Waals surface area contributed by atoms with E-state index < -0.39 is 0 Å². The first-order valence-electron chi connectivity index (χ1n) is 7.87. The molecule has 1 heterocycles. The number of rotatable bonds is 6. The molecule has 1 fully saturated rings. The molecule has 1 aromatic heterocycles. The summed E-state index contributed by atoms with van der Waals surface area (Å²) >= 11 is 1.76. The fraction of sp³-hybridized carbons (Fsp3) is 0.389. The minimum atomic E-state index is -0.319. The van der Waals surface area contributed by atoms with Crippen molar-refractivity contribution in [2.75, 3.05) is 13.2 Å². The van der Waals surface area contributed by atoms with Crippen LogP contribution in [-0.4, -0.2) is 19.1 Å². The highest BCUT2D eigenvalue weighted by Gasteiger charge is 2.36. The fourth-order valence-electron chi connectivity index (χ4n) is 3.14. The third-order valence-corrected chi connectivity index (χ3v) is 5.53. The van der Waals surface area contributed by atoms with Crippen LogP contribution in [0.3, 0.4) is 0 Å². The van der Waals surface area contributed by atoms with Crippen molar-refractivity contribution >= 4 is 17.2 Å². The van der Waals surface area contributed by atoms with Gasteiger partial charge in [-0.15, -0.1) is 11.3 Å². The van der Waals surface area contributed by atoms with E-state index in [9.17, 15) is 9.18 Å². The third-order valence-electron chi connectivity index (χ3n) is 4.41. The summed E-state index contributed by atoms with van der Waals surface area (Å²) in [6, 6.07) is 9.91. The van der Waals surface area contributed by atoms with Gasteiger partial charge >= 0.3 is 0 Å². The molecule has 1 aliphatic rings. The van der Waals surface area contributed by atoms with Crippen LogP contribution >= 0.6 is 11.3 Å². The predicted octanol–water partition coefficient (Wildman–Crippen LogP) is 3.89. The highest BCUT2D eigenvalue weighted by molar-refractivity contribution is 7.10. The molecule has 1 aliphatic carbocycles. The van der Waals surface area contributed by atoms with E-state index in [1.165, 1.54) is 42.0 Å². The Kier molecular flexibility index (Phi) is 4.96. The molecule has 23 heavy (non-hydrogen) atoms. The monoisotopic (exact) mass is 333 g/mol. The first kappa shape index (κ1) is 16.0. The second kappa shape index (κ2) is 7.13. The summed E-state index contributed by atoms with van der Waals surface area (Å²) in [6.07, 6.45) is 4.65. The summed E-state index contributed by atoms with van der Waals surface area (Å²) in [6.45, 7) is 0.602. The van der Waals surface area contributed by atoms with E-state index >= 15 is 0 Å². The van der Waals surface area contributed by atoms with Crippen LogP contribution in [0.4, 0.5) is 4.39 Å². The normalized spacial score (nSPS) is 16.2. The highest BCUT2D eigenvalue weighted by Crippen LogP contribution is 2.42. The quantitative estimate of drug-likeness (QED) is 0.871. The molecule has 1 saturated carbocycles. The van der Waals surface area contributed by atoms with Crippen molar-refractivity contribution in [2.45, 2.75) is 31.1 Å². The molecule has 3 nitrogen and oxygen atoms in total.